The van der Waals surface area contributed by atoms with Crippen molar-refractivity contribution in [1.82, 2.24) is 0 Å². The Kier molecular flexibility index (Phi) is 5.99. The minimum Gasteiger partial charge on any atom is -0.497 e. The molecule has 0 unspecified atom stereocenters. The quantitative estimate of drug-likeness (QED) is 0.554. The van der Waals surface area contributed by atoms with Crippen LogP contribution < -0.4 is 14.2 Å². The summed E-state index contributed by atoms with van der Waals surface area (Å²) in [5.74, 6) is 1.51. The molecule has 6 heteroatoms. The summed E-state index contributed by atoms with van der Waals surface area (Å²) in [6.45, 7) is 0.228. The maximum absolute atomic E-state index is 12.4. The van der Waals surface area contributed by atoms with Crippen LogP contribution in [0.5, 0.6) is 17.2 Å². The van der Waals surface area contributed by atoms with Gasteiger partial charge in [-0.15, -0.1) is 0 Å². The number of hydrogen-bond acceptors (Lipinski definition) is 6. The third kappa shape index (κ3) is 4.61. The first kappa shape index (κ1) is 18.4. The van der Waals surface area contributed by atoms with Gasteiger partial charge >= 0.3 is 5.97 Å². The van der Waals surface area contributed by atoms with Crippen molar-refractivity contribution in [2.45, 2.75) is 13.2 Å². The average Bonchev–Trinajstić information content (AvgIpc) is 3.19. The fraction of sp³-hybridized carbons (Fsp3) is 0.190. The van der Waals surface area contributed by atoms with Gasteiger partial charge < -0.3 is 23.4 Å². The van der Waals surface area contributed by atoms with Gasteiger partial charge in [-0.2, -0.15) is 0 Å². The first-order valence-corrected chi connectivity index (χ1v) is 8.33. The average molecular weight is 368 g/mol. The van der Waals surface area contributed by atoms with E-state index in [0.29, 0.717) is 28.4 Å². The van der Waals surface area contributed by atoms with E-state index >= 15 is 0 Å². The molecule has 0 aliphatic carbocycles. The van der Waals surface area contributed by atoms with E-state index in [1.54, 1.807) is 38.5 Å². The molecule has 3 rings (SSSR count). The molecule has 0 aliphatic heterocycles. The van der Waals surface area contributed by atoms with Crippen LogP contribution in [-0.2, 0) is 18.0 Å². The van der Waals surface area contributed by atoms with Crippen molar-refractivity contribution in [3.63, 3.8) is 0 Å². The van der Waals surface area contributed by atoms with Crippen molar-refractivity contribution in [2.24, 2.45) is 0 Å². The fourth-order valence-corrected chi connectivity index (χ4v) is 2.51. The highest BCUT2D eigenvalue weighted by Gasteiger charge is 2.18. The molecule has 0 radical (unpaired) electrons. The highest BCUT2D eigenvalue weighted by atomic mass is 16.5. The van der Waals surface area contributed by atoms with Crippen LogP contribution in [0.4, 0.5) is 0 Å². The molecular weight excluding hydrogens is 348 g/mol. The van der Waals surface area contributed by atoms with Crippen molar-refractivity contribution >= 4 is 5.97 Å². The predicted octanol–water partition coefficient (Wildman–Crippen LogP) is 4.23. The number of methoxy groups -OCH3 is 2. The summed E-state index contributed by atoms with van der Waals surface area (Å²) in [5, 5.41) is 0. The minimum atomic E-state index is -0.573. The Morgan fingerprint density at radius 3 is 2.44 bits per heavy atom. The molecule has 3 aromatic rings. The Morgan fingerprint density at radius 2 is 1.70 bits per heavy atom. The Bertz CT molecular complexity index is 885. The molecule has 0 saturated carbocycles. The molecule has 6 nitrogen and oxygen atoms in total. The Hall–Kier alpha value is -3.41. The lowest BCUT2D eigenvalue weighted by Crippen LogP contribution is -2.09. The highest BCUT2D eigenvalue weighted by Crippen LogP contribution is 2.25. The summed E-state index contributed by atoms with van der Waals surface area (Å²) < 4.78 is 26.8. The molecule has 1 aromatic heterocycles. The monoisotopic (exact) mass is 368 g/mol. The van der Waals surface area contributed by atoms with E-state index in [4.69, 9.17) is 23.4 Å². The van der Waals surface area contributed by atoms with Gasteiger partial charge in [0.05, 0.1) is 20.5 Å². The number of rotatable bonds is 8. The predicted molar refractivity (Wildman–Crippen MR) is 98.1 cm³/mol. The Labute approximate surface area is 157 Å². The van der Waals surface area contributed by atoms with E-state index in [0.717, 1.165) is 0 Å². The molecule has 0 N–H and O–H groups in total. The minimum absolute atomic E-state index is 0.0267. The number of ether oxygens (including phenoxy) is 4. The summed E-state index contributed by atoms with van der Waals surface area (Å²) in [7, 11) is 3.12. The third-order valence-corrected chi connectivity index (χ3v) is 3.92. The van der Waals surface area contributed by atoms with Crippen LogP contribution in [0, 0.1) is 0 Å². The second kappa shape index (κ2) is 8.80. The van der Waals surface area contributed by atoms with Crippen LogP contribution in [0.2, 0.25) is 0 Å². The van der Waals surface area contributed by atoms with Crippen LogP contribution in [0.1, 0.15) is 21.7 Å². The fourth-order valence-electron chi connectivity index (χ4n) is 2.51. The molecule has 27 heavy (non-hydrogen) atoms. The highest BCUT2D eigenvalue weighted by molar-refractivity contribution is 5.87. The molecule has 0 amide bonds. The van der Waals surface area contributed by atoms with Gasteiger partial charge in [0.15, 0.2) is 0 Å². The topological polar surface area (TPSA) is 67.1 Å². The van der Waals surface area contributed by atoms with Crippen LogP contribution in [0.25, 0.3) is 0 Å². The van der Waals surface area contributed by atoms with Gasteiger partial charge in [0.25, 0.3) is 0 Å². The largest absolute Gasteiger partial charge is 0.497 e. The standard InChI is InChI=1S/C21H20O6/c1-23-18-8-9-19(24-2)16(12-18)14-27-21(22)20-15(10-11-25-20)13-26-17-6-4-3-5-7-17/h3-12H,13-14H2,1-2H3. The summed E-state index contributed by atoms with van der Waals surface area (Å²) in [5.41, 5.74) is 1.31. The number of para-hydroxylation sites is 1. The number of furan rings is 1. The number of carbonyl (C=O) groups excluding carboxylic acids is 1. The van der Waals surface area contributed by atoms with Gasteiger partial charge in [-0.05, 0) is 36.4 Å². The van der Waals surface area contributed by atoms with Gasteiger partial charge in [0.1, 0.15) is 30.5 Å². The lowest BCUT2D eigenvalue weighted by Gasteiger charge is -2.11. The lowest BCUT2D eigenvalue weighted by atomic mass is 10.2. The summed E-state index contributed by atoms with van der Waals surface area (Å²) in [6.07, 6.45) is 1.44. The SMILES string of the molecule is COc1ccc(OC)c(COC(=O)c2occc2COc2ccccc2)c1. The van der Waals surface area contributed by atoms with E-state index in [-0.39, 0.29) is 19.0 Å². The number of benzene rings is 2. The van der Waals surface area contributed by atoms with Crippen LogP contribution in [0.3, 0.4) is 0 Å². The van der Waals surface area contributed by atoms with Gasteiger partial charge in [0.2, 0.25) is 5.76 Å². The second-order valence-corrected chi connectivity index (χ2v) is 5.63. The van der Waals surface area contributed by atoms with Gasteiger partial charge in [-0.3, -0.25) is 0 Å². The van der Waals surface area contributed by atoms with Gasteiger partial charge in [-0.1, -0.05) is 18.2 Å². The maximum atomic E-state index is 12.4. The smallest absolute Gasteiger partial charge is 0.374 e. The molecule has 0 atom stereocenters. The van der Waals surface area contributed by atoms with Gasteiger partial charge in [-0.25, -0.2) is 4.79 Å². The first-order chi connectivity index (χ1) is 13.2. The van der Waals surface area contributed by atoms with Gasteiger partial charge in [0, 0.05) is 11.1 Å². The zero-order valence-corrected chi connectivity index (χ0v) is 15.1. The van der Waals surface area contributed by atoms with Crippen molar-refractivity contribution in [3.05, 3.63) is 77.7 Å². The van der Waals surface area contributed by atoms with E-state index in [1.807, 2.05) is 30.3 Å². The zero-order valence-electron chi connectivity index (χ0n) is 15.1. The van der Waals surface area contributed by atoms with E-state index in [2.05, 4.69) is 0 Å². The normalized spacial score (nSPS) is 10.3. The molecule has 0 spiro atoms. The first-order valence-electron chi connectivity index (χ1n) is 8.33. The van der Waals surface area contributed by atoms with E-state index < -0.39 is 5.97 Å². The number of hydrogen-bond donors (Lipinski definition) is 0. The molecule has 0 saturated heterocycles. The van der Waals surface area contributed by atoms with Crippen molar-refractivity contribution in [2.75, 3.05) is 14.2 Å². The number of carbonyl (C=O) groups is 1. The van der Waals surface area contributed by atoms with Crippen LogP contribution >= 0.6 is 0 Å². The maximum Gasteiger partial charge on any atom is 0.374 e. The number of esters is 1. The molecule has 0 aliphatic rings. The lowest BCUT2D eigenvalue weighted by molar-refractivity contribution is 0.0429. The van der Waals surface area contributed by atoms with E-state index in [1.165, 1.54) is 6.26 Å². The van der Waals surface area contributed by atoms with Crippen LogP contribution in [0.15, 0.2) is 65.3 Å². The van der Waals surface area contributed by atoms with E-state index in [9.17, 15) is 4.79 Å². The molecule has 140 valence electrons. The van der Waals surface area contributed by atoms with Crippen molar-refractivity contribution in [1.29, 1.82) is 0 Å². The molecule has 0 fully saturated rings. The molecule has 2 aromatic carbocycles. The van der Waals surface area contributed by atoms with Crippen molar-refractivity contribution in [3.8, 4) is 17.2 Å². The Morgan fingerprint density at radius 1 is 0.889 bits per heavy atom. The molecule has 1 heterocycles. The van der Waals surface area contributed by atoms with Crippen molar-refractivity contribution < 1.29 is 28.2 Å². The molecular formula is C21H20O6. The summed E-state index contributed by atoms with van der Waals surface area (Å²) in [4.78, 5) is 12.4. The molecule has 0 bridgehead atoms. The summed E-state index contributed by atoms with van der Waals surface area (Å²) >= 11 is 0. The third-order valence-electron chi connectivity index (χ3n) is 3.92. The van der Waals surface area contributed by atoms with Crippen LogP contribution in [-0.4, -0.2) is 20.2 Å². The second-order valence-electron chi connectivity index (χ2n) is 5.63. The Balaban J connectivity index is 1.65. The summed E-state index contributed by atoms with van der Waals surface area (Å²) in [6, 6.07) is 16.3. The zero-order chi connectivity index (χ0) is 19.1.